The third-order valence-electron chi connectivity index (χ3n) is 3.98. The van der Waals surface area contributed by atoms with E-state index in [1.165, 1.54) is 0 Å². The molecule has 132 valence electrons. The van der Waals surface area contributed by atoms with Gasteiger partial charge in [0, 0.05) is 12.0 Å². The minimum Gasteiger partial charge on any atom is -0.493 e. The number of benzene rings is 2. The van der Waals surface area contributed by atoms with Gasteiger partial charge in [0.2, 0.25) is 5.89 Å². The Morgan fingerprint density at radius 1 is 1.15 bits per heavy atom. The van der Waals surface area contributed by atoms with Crippen molar-refractivity contribution >= 4 is 0 Å². The first-order valence-corrected chi connectivity index (χ1v) is 8.52. The van der Waals surface area contributed by atoms with Crippen LogP contribution in [-0.4, -0.2) is 16.7 Å². The Balaban J connectivity index is 1.63. The second-order valence-corrected chi connectivity index (χ2v) is 5.86. The highest BCUT2D eigenvalue weighted by atomic mass is 16.5. The molecule has 0 saturated heterocycles. The molecular formula is C22H21NO3. The molecule has 26 heavy (non-hydrogen) atoms. The fourth-order valence-corrected chi connectivity index (χ4v) is 2.62. The molecule has 0 aliphatic heterocycles. The second-order valence-electron chi connectivity index (χ2n) is 5.86. The summed E-state index contributed by atoms with van der Waals surface area (Å²) >= 11 is 0. The van der Waals surface area contributed by atoms with E-state index in [0.717, 1.165) is 22.6 Å². The van der Waals surface area contributed by atoms with Crippen molar-refractivity contribution in [3.8, 4) is 29.0 Å². The number of rotatable bonds is 6. The minimum absolute atomic E-state index is 0.473. The van der Waals surface area contributed by atoms with Crippen molar-refractivity contribution in [2.24, 2.45) is 0 Å². The number of aliphatic hydroxyl groups is 1. The Kier molecular flexibility index (Phi) is 5.73. The van der Waals surface area contributed by atoms with Crippen LogP contribution in [0.15, 0.2) is 59.0 Å². The number of hydrogen-bond donors (Lipinski definition) is 1. The van der Waals surface area contributed by atoms with Crippen molar-refractivity contribution < 1.29 is 14.3 Å². The van der Waals surface area contributed by atoms with Crippen molar-refractivity contribution in [1.29, 1.82) is 0 Å². The fourth-order valence-electron chi connectivity index (χ4n) is 2.62. The number of oxazole rings is 1. The lowest BCUT2D eigenvalue weighted by atomic mass is 10.1. The maximum absolute atomic E-state index is 9.94. The summed E-state index contributed by atoms with van der Waals surface area (Å²) in [5, 5.41) is 9.94. The summed E-state index contributed by atoms with van der Waals surface area (Å²) in [6.07, 6.45) is -0.154. The molecule has 0 fully saturated rings. The van der Waals surface area contributed by atoms with Crippen molar-refractivity contribution in [3.05, 3.63) is 71.6 Å². The Bertz CT molecular complexity index is 919. The molecule has 4 heteroatoms. The molecule has 2 aromatic carbocycles. The molecule has 1 N–H and O–H groups in total. The lowest BCUT2D eigenvalue weighted by molar-refractivity contribution is 0.237. The van der Waals surface area contributed by atoms with E-state index in [4.69, 9.17) is 9.15 Å². The molecule has 0 spiro atoms. The van der Waals surface area contributed by atoms with Crippen molar-refractivity contribution in [3.63, 3.8) is 0 Å². The van der Waals surface area contributed by atoms with Crippen LogP contribution in [0.5, 0.6) is 5.75 Å². The highest BCUT2D eigenvalue weighted by Crippen LogP contribution is 2.22. The first-order valence-electron chi connectivity index (χ1n) is 8.52. The van der Waals surface area contributed by atoms with Gasteiger partial charge < -0.3 is 14.3 Å². The average molecular weight is 347 g/mol. The van der Waals surface area contributed by atoms with Gasteiger partial charge in [-0.05, 0) is 43.7 Å². The molecule has 0 aliphatic rings. The van der Waals surface area contributed by atoms with Crippen molar-refractivity contribution in [1.82, 2.24) is 4.98 Å². The van der Waals surface area contributed by atoms with Gasteiger partial charge in [0.15, 0.2) is 0 Å². The molecule has 0 aliphatic carbocycles. The third kappa shape index (κ3) is 4.33. The van der Waals surface area contributed by atoms with Gasteiger partial charge in [-0.2, -0.15) is 0 Å². The van der Waals surface area contributed by atoms with Crippen LogP contribution in [0, 0.1) is 18.8 Å². The lowest BCUT2D eigenvalue weighted by Crippen LogP contribution is -2.03. The van der Waals surface area contributed by atoms with Crippen LogP contribution in [0.25, 0.3) is 11.5 Å². The molecule has 0 bridgehead atoms. The zero-order chi connectivity index (χ0) is 18.4. The second kappa shape index (κ2) is 8.37. The van der Waals surface area contributed by atoms with Gasteiger partial charge >= 0.3 is 0 Å². The number of hydrogen-bond acceptors (Lipinski definition) is 4. The minimum atomic E-state index is -0.797. The van der Waals surface area contributed by atoms with Gasteiger partial charge in [-0.25, -0.2) is 4.98 Å². The third-order valence-corrected chi connectivity index (χ3v) is 3.98. The number of aromatic nitrogens is 1. The quantitative estimate of drug-likeness (QED) is 0.675. The number of ether oxygens (including phenoxy) is 1. The average Bonchev–Trinajstić information content (AvgIpc) is 3.04. The Morgan fingerprint density at radius 3 is 2.73 bits per heavy atom. The van der Waals surface area contributed by atoms with E-state index in [0.29, 0.717) is 24.7 Å². The van der Waals surface area contributed by atoms with Crippen LogP contribution in [0.3, 0.4) is 0 Å². The van der Waals surface area contributed by atoms with Crippen LogP contribution in [-0.2, 0) is 6.42 Å². The van der Waals surface area contributed by atoms with Crippen molar-refractivity contribution in [2.75, 3.05) is 6.61 Å². The molecule has 0 amide bonds. The summed E-state index contributed by atoms with van der Waals surface area (Å²) < 4.78 is 11.6. The van der Waals surface area contributed by atoms with Crippen LogP contribution in [0.2, 0.25) is 0 Å². The Labute approximate surface area is 153 Å². The Morgan fingerprint density at radius 2 is 1.96 bits per heavy atom. The lowest BCUT2D eigenvalue weighted by Gasteiger charge is -2.08. The van der Waals surface area contributed by atoms with Gasteiger partial charge in [0.25, 0.3) is 0 Å². The van der Waals surface area contributed by atoms with Gasteiger partial charge in [-0.15, -0.1) is 5.92 Å². The van der Waals surface area contributed by atoms with E-state index in [1.54, 1.807) is 13.0 Å². The summed E-state index contributed by atoms with van der Waals surface area (Å²) in [6, 6.07) is 17.2. The van der Waals surface area contributed by atoms with Crippen LogP contribution < -0.4 is 4.74 Å². The molecule has 3 rings (SSSR count). The molecular weight excluding hydrogens is 326 g/mol. The SMILES string of the molecule is CC#CC(O)c1cccc(OCCc2nc(-c3ccccc3)oc2C)c1. The van der Waals surface area contributed by atoms with E-state index in [2.05, 4.69) is 16.8 Å². The molecule has 1 unspecified atom stereocenters. The van der Waals surface area contributed by atoms with Crippen LogP contribution >= 0.6 is 0 Å². The number of aliphatic hydroxyl groups excluding tert-OH is 1. The van der Waals surface area contributed by atoms with Gasteiger partial charge in [0.05, 0.1) is 12.3 Å². The maximum atomic E-state index is 9.94. The van der Waals surface area contributed by atoms with Crippen LogP contribution in [0.1, 0.15) is 30.0 Å². The van der Waals surface area contributed by atoms with Gasteiger partial charge in [-0.3, -0.25) is 0 Å². The summed E-state index contributed by atoms with van der Waals surface area (Å²) in [5.41, 5.74) is 2.57. The zero-order valence-corrected chi connectivity index (χ0v) is 14.9. The predicted octanol–water partition coefficient (Wildman–Crippen LogP) is 4.33. The van der Waals surface area contributed by atoms with E-state index in [-0.39, 0.29) is 0 Å². The van der Waals surface area contributed by atoms with Crippen molar-refractivity contribution in [2.45, 2.75) is 26.4 Å². The molecule has 1 aromatic heterocycles. The maximum Gasteiger partial charge on any atom is 0.226 e. The fraction of sp³-hybridized carbons (Fsp3) is 0.227. The topological polar surface area (TPSA) is 55.5 Å². The predicted molar refractivity (Wildman–Crippen MR) is 101 cm³/mol. The van der Waals surface area contributed by atoms with E-state index < -0.39 is 6.10 Å². The van der Waals surface area contributed by atoms with Gasteiger partial charge in [-0.1, -0.05) is 36.3 Å². The van der Waals surface area contributed by atoms with E-state index in [9.17, 15) is 5.11 Å². The highest BCUT2D eigenvalue weighted by molar-refractivity contribution is 5.53. The normalized spacial score (nSPS) is 11.5. The van der Waals surface area contributed by atoms with Gasteiger partial charge in [0.1, 0.15) is 17.6 Å². The molecule has 0 radical (unpaired) electrons. The monoisotopic (exact) mass is 347 g/mol. The summed E-state index contributed by atoms with van der Waals surface area (Å²) in [5.74, 6) is 7.56. The molecule has 3 aromatic rings. The van der Waals surface area contributed by atoms with E-state index >= 15 is 0 Å². The number of aryl methyl sites for hydroxylation is 1. The summed E-state index contributed by atoms with van der Waals surface area (Å²) in [4.78, 5) is 4.58. The Hall–Kier alpha value is -3.03. The zero-order valence-electron chi connectivity index (χ0n) is 14.9. The molecule has 4 nitrogen and oxygen atoms in total. The van der Waals surface area contributed by atoms with Crippen LogP contribution in [0.4, 0.5) is 0 Å². The molecule has 1 heterocycles. The first-order chi connectivity index (χ1) is 12.7. The smallest absolute Gasteiger partial charge is 0.226 e. The number of nitrogens with zero attached hydrogens (tertiary/aromatic N) is 1. The highest BCUT2D eigenvalue weighted by Gasteiger charge is 2.11. The molecule has 1 atom stereocenters. The molecule has 0 saturated carbocycles. The summed E-state index contributed by atoms with van der Waals surface area (Å²) in [7, 11) is 0. The standard InChI is InChI=1S/C22H21NO3/c1-3-8-21(24)18-11-7-12-19(15-18)25-14-13-20-16(2)26-22(23-20)17-9-5-4-6-10-17/h4-7,9-12,15,21,24H,13-14H2,1-2H3. The first kappa shape index (κ1) is 17.8. The van der Waals surface area contributed by atoms with E-state index in [1.807, 2.05) is 55.5 Å². The largest absolute Gasteiger partial charge is 0.493 e. The summed E-state index contributed by atoms with van der Waals surface area (Å²) in [6.45, 7) is 4.09.